The third-order valence-electron chi connectivity index (χ3n) is 2.41. The van der Waals surface area contributed by atoms with Crippen molar-refractivity contribution >= 4 is 5.97 Å². The molecule has 0 aliphatic heterocycles. The standard InChI is InChI=1S/C11H11FN4O2/c1-6(2)16-5-13-15-10(16)8-4-3-7(12)9(14-8)11(17)18/h3-6H,1-2H3,(H,17,18). The number of hydrogen-bond acceptors (Lipinski definition) is 4. The molecule has 0 bridgehead atoms. The number of nitrogens with zero attached hydrogens (tertiary/aromatic N) is 4. The minimum absolute atomic E-state index is 0.0927. The monoisotopic (exact) mass is 250 g/mol. The van der Waals surface area contributed by atoms with Crippen LogP contribution in [-0.2, 0) is 0 Å². The Kier molecular flexibility index (Phi) is 3.05. The average Bonchev–Trinajstić information content (AvgIpc) is 2.78. The molecule has 94 valence electrons. The van der Waals surface area contributed by atoms with Crippen molar-refractivity contribution in [1.29, 1.82) is 0 Å². The van der Waals surface area contributed by atoms with Crippen molar-refractivity contribution in [2.75, 3.05) is 0 Å². The summed E-state index contributed by atoms with van der Waals surface area (Å²) < 4.78 is 15.0. The molecule has 2 aromatic rings. The molecule has 0 aliphatic rings. The van der Waals surface area contributed by atoms with Crippen LogP contribution in [0.2, 0.25) is 0 Å². The maximum atomic E-state index is 13.2. The lowest BCUT2D eigenvalue weighted by atomic mass is 10.2. The number of carboxylic acids is 1. The molecule has 0 saturated heterocycles. The largest absolute Gasteiger partial charge is 0.476 e. The van der Waals surface area contributed by atoms with E-state index in [-0.39, 0.29) is 11.7 Å². The van der Waals surface area contributed by atoms with Crippen LogP contribution in [0.5, 0.6) is 0 Å². The lowest BCUT2D eigenvalue weighted by Gasteiger charge is -2.09. The SMILES string of the molecule is CC(C)n1cnnc1-c1ccc(F)c(C(=O)O)n1. The average molecular weight is 250 g/mol. The summed E-state index contributed by atoms with van der Waals surface area (Å²) in [5.41, 5.74) is -0.342. The molecule has 2 rings (SSSR count). The maximum Gasteiger partial charge on any atom is 0.357 e. The highest BCUT2D eigenvalue weighted by Crippen LogP contribution is 2.19. The summed E-state index contributed by atoms with van der Waals surface area (Å²) in [5.74, 6) is -1.88. The van der Waals surface area contributed by atoms with Gasteiger partial charge in [0.25, 0.3) is 0 Å². The number of hydrogen-bond donors (Lipinski definition) is 1. The van der Waals surface area contributed by atoms with Crippen molar-refractivity contribution in [2.45, 2.75) is 19.9 Å². The summed E-state index contributed by atoms with van der Waals surface area (Å²) in [5, 5.41) is 16.4. The molecule has 2 aromatic heterocycles. The Labute approximate surface area is 102 Å². The predicted octanol–water partition coefficient (Wildman–Crippen LogP) is 1.76. The van der Waals surface area contributed by atoms with Gasteiger partial charge in [0.05, 0.1) is 0 Å². The van der Waals surface area contributed by atoms with Crippen LogP contribution < -0.4 is 0 Å². The summed E-state index contributed by atoms with van der Waals surface area (Å²) >= 11 is 0. The fourth-order valence-electron chi connectivity index (χ4n) is 1.52. The Morgan fingerprint density at radius 1 is 1.44 bits per heavy atom. The summed E-state index contributed by atoms with van der Waals surface area (Å²) in [4.78, 5) is 14.6. The molecule has 0 unspecified atom stereocenters. The van der Waals surface area contributed by atoms with Crippen molar-refractivity contribution in [2.24, 2.45) is 0 Å². The van der Waals surface area contributed by atoms with E-state index >= 15 is 0 Å². The minimum Gasteiger partial charge on any atom is -0.476 e. The van der Waals surface area contributed by atoms with Crippen LogP contribution in [-0.4, -0.2) is 30.8 Å². The topological polar surface area (TPSA) is 80.9 Å². The van der Waals surface area contributed by atoms with E-state index in [1.54, 1.807) is 4.57 Å². The first-order chi connectivity index (χ1) is 8.50. The summed E-state index contributed by atoms with van der Waals surface area (Å²) in [6.07, 6.45) is 1.52. The molecule has 0 aromatic carbocycles. The maximum absolute atomic E-state index is 13.2. The lowest BCUT2D eigenvalue weighted by Crippen LogP contribution is -2.08. The van der Waals surface area contributed by atoms with Gasteiger partial charge in [0.2, 0.25) is 0 Å². The Hall–Kier alpha value is -2.31. The van der Waals surface area contributed by atoms with Gasteiger partial charge in [-0.05, 0) is 26.0 Å². The molecule has 0 atom stereocenters. The Balaban J connectivity index is 2.54. The molecule has 1 N–H and O–H groups in total. The number of aromatic carboxylic acids is 1. The van der Waals surface area contributed by atoms with E-state index in [1.807, 2.05) is 13.8 Å². The van der Waals surface area contributed by atoms with E-state index in [0.29, 0.717) is 5.82 Å². The minimum atomic E-state index is -1.41. The second kappa shape index (κ2) is 4.52. The number of halogens is 1. The molecule has 0 fully saturated rings. The van der Waals surface area contributed by atoms with Crippen molar-refractivity contribution in [3.63, 3.8) is 0 Å². The summed E-state index contributed by atoms with van der Waals surface area (Å²) in [7, 11) is 0. The van der Waals surface area contributed by atoms with E-state index < -0.39 is 17.5 Å². The normalized spacial score (nSPS) is 10.9. The van der Waals surface area contributed by atoms with Crippen molar-refractivity contribution < 1.29 is 14.3 Å². The van der Waals surface area contributed by atoms with Crippen molar-refractivity contribution in [3.8, 4) is 11.5 Å². The molecule has 0 amide bonds. The van der Waals surface area contributed by atoms with Crippen LogP contribution in [0.15, 0.2) is 18.5 Å². The van der Waals surface area contributed by atoms with Gasteiger partial charge < -0.3 is 9.67 Å². The third-order valence-corrected chi connectivity index (χ3v) is 2.41. The van der Waals surface area contributed by atoms with Gasteiger partial charge in [-0.3, -0.25) is 0 Å². The van der Waals surface area contributed by atoms with Gasteiger partial charge in [-0.25, -0.2) is 14.2 Å². The number of rotatable bonds is 3. The van der Waals surface area contributed by atoms with Crippen LogP contribution in [0.1, 0.15) is 30.4 Å². The number of carboxylic acid groups (broad SMARTS) is 1. The molecule has 7 heteroatoms. The first-order valence-corrected chi connectivity index (χ1v) is 5.30. The molecule has 0 spiro atoms. The zero-order valence-electron chi connectivity index (χ0n) is 9.83. The Morgan fingerprint density at radius 2 is 2.17 bits per heavy atom. The first kappa shape index (κ1) is 12.2. The number of aromatic nitrogens is 4. The fraction of sp³-hybridized carbons (Fsp3) is 0.273. The Bertz CT molecular complexity index is 594. The van der Waals surface area contributed by atoms with Gasteiger partial charge in [-0.2, -0.15) is 0 Å². The summed E-state index contributed by atoms with van der Waals surface area (Å²) in [6.45, 7) is 3.85. The van der Waals surface area contributed by atoms with Crippen molar-refractivity contribution in [1.82, 2.24) is 19.7 Å². The first-order valence-electron chi connectivity index (χ1n) is 5.30. The van der Waals surface area contributed by atoms with E-state index in [4.69, 9.17) is 5.11 Å². The van der Waals surface area contributed by atoms with E-state index in [9.17, 15) is 9.18 Å². The van der Waals surface area contributed by atoms with E-state index in [2.05, 4.69) is 15.2 Å². The predicted molar refractivity (Wildman–Crippen MR) is 60.6 cm³/mol. The lowest BCUT2D eigenvalue weighted by molar-refractivity contribution is 0.0685. The zero-order chi connectivity index (χ0) is 13.3. The smallest absolute Gasteiger partial charge is 0.357 e. The number of carbonyl (C=O) groups is 1. The van der Waals surface area contributed by atoms with Gasteiger partial charge >= 0.3 is 5.97 Å². The van der Waals surface area contributed by atoms with Crippen LogP contribution in [0, 0.1) is 5.82 Å². The van der Waals surface area contributed by atoms with Crippen LogP contribution in [0.3, 0.4) is 0 Å². The molecule has 2 heterocycles. The van der Waals surface area contributed by atoms with Gasteiger partial charge in [0.15, 0.2) is 17.3 Å². The highest BCUT2D eigenvalue weighted by molar-refractivity contribution is 5.86. The highest BCUT2D eigenvalue weighted by atomic mass is 19.1. The molecule has 6 nitrogen and oxygen atoms in total. The second-order valence-electron chi connectivity index (χ2n) is 3.99. The molecule has 18 heavy (non-hydrogen) atoms. The van der Waals surface area contributed by atoms with Gasteiger partial charge in [0.1, 0.15) is 12.0 Å². The second-order valence-corrected chi connectivity index (χ2v) is 3.99. The number of pyridine rings is 1. The van der Waals surface area contributed by atoms with Crippen LogP contribution >= 0.6 is 0 Å². The third kappa shape index (κ3) is 2.06. The van der Waals surface area contributed by atoms with E-state index in [0.717, 1.165) is 6.07 Å². The van der Waals surface area contributed by atoms with Gasteiger partial charge in [-0.1, -0.05) is 0 Å². The molecular weight excluding hydrogens is 239 g/mol. The van der Waals surface area contributed by atoms with E-state index in [1.165, 1.54) is 12.4 Å². The summed E-state index contributed by atoms with van der Waals surface area (Å²) in [6, 6.07) is 2.53. The molecule has 0 radical (unpaired) electrons. The fourth-order valence-corrected chi connectivity index (χ4v) is 1.52. The quantitative estimate of drug-likeness (QED) is 0.897. The van der Waals surface area contributed by atoms with Crippen LogP contribution in [0.4, 0.5) is 4.39 Å². The zero-order valence-corrected chi connectivity index (χ0v) is 9.83. The van der Waals surface area contributed by atoms with Crippen molar-refractivity contribution in [3.05, 3.63) is 30.0 Å². The molecular formula is C11H11FN4O2. The Morgan fingerprint density at radius 3 is 2.78 bits per heavy atom. The molecule has 0 saturated carbocycles. The van der Waals surface area contributed by atoms with Gasteiger partial charge in [-0.15, -0.1) is 10.2 Å². The highest BCUT2D eigenvalue weighted by Gasteiger charge is 2.17. The van der Waals surface area contributed by atoms with Gasteiger partial charge in [0, 0.05) is 6.04 Å². The molecule has 0 aliphatic carbocycles. The van der Waals surface area contributed by atoms with Crippen LogP contribution in [0.25, 0.3) is 11.5 Å².